The highest BCUT2D eigenvalue weighted by molar-refractivity contribution is 5.75. The Labute approximate surface area is 165 Å². The second-order valence-corrected chi connectivity index (χ2v) is 7.33. The molecule has 1 fully saturated rings. The number of amides is 1. The second kappa shape index (κ2) is 6.72. The number of ether oxygens (including phenoxy) is 1. The molecule has 2 unspecified atom stereocenters. The van der Waals surface area contributed by atoms with Gasteiger partial charge in [-0.1, -0.05) is 24.8 Å². The fourth-order valence-corrected chi connectivity index (χ4v) is 4.75. The third-order valence-electron chi connectivity index (χ3n) is 6.08. The summed E-state index contributed by atoms with van der Waals surface area (Å²) < 4.78 is 5.57. The van der Waals surface area contributed by atoms with Crippen LogP contribution in [0.5, 0.6) is 0 Å². The zero-order valence-electron chi connectivity index (χ0n) is 16.2. The summed E-state index contributed by atoms with van der Waals surface area (Å²) >= 11 is 0. The first-order valence-electron chi connectivity index (χ1n) is 9.46. The van der Waals surface area contributed by atoms with Gasteiger partial charge in [-0.15, -0.1) is 0 Å². The van der Waals surface area contributed by atoms with E-state index in [9.17, 15) is 10.1 Å². The topological polar surface area (TPSA) is 65.4 Å². The molecule has 5 heteroatoms. The second-order valence-electron chi connectivity index (χ2n) is 7.33. The normalized spacial score (nSPS) is 24.5. The van der Waals surface area contributed by atoms with Crippen molar-refractivity contribution in [3.8, 4) is 6.07 Å². The van der Waals surface area contributed by atoms with Crippen LogP contribution < -0.4 is 5.32 Å². The van der Waals surface area contributed by atoms with Crippen molar-refractivity contribution in [1.82, 2.24) is 4.90 Å². The lowest BCUT2D eigenvalue weighted by molar-refractivity contribution is -0.105. The van der Waals surface area contributed by atoms with Gasteiger partial charge >= 0.3 is 0 Å². The third kappa shape index (κ3) is 2.49. The van der Waals surface area contributed by atoms with Gasteiger partial charge in [-0.3, -0.25) is 4.79 Å². The van der Waals surface area contributed by atoms with Crippen LogP contribution >= 0.6 is 0 Å². The predicted octanol–water partition coefficient (Wildman–Crippen LogP) is 4.00. The number of nitrogens with one attached hydrogen (secondary N) is 1. The molecule has 28 heavy (non-hydrogen) atoms. The van der Waals surface area contributed by atoms with Gasteiger partial charge in [0.2, 0.25) is 6.41 Å². The van der Waals surface area contributed by atoms with Gasteiger partial charge in [-0.25, -0.2) is 0 Å². The number of allylic oxidation sites excluding steroid dienone is 3. The molecule has 1 N–H and O–H groups in total. The van der Waals surface area contributed by atoms with Gasteiger partial charge in [0.05, 0.1) is 18.2 Å². The largest absolute Gasteiger partial charge is 0.501 e. The molecule has 1 aliphatic heterocycles. The van der Waals surface area contributed by atoms with Crippen molar-refractivity contribution in [1.29, 1.82) is 5.26 Å². The lowest BCUT2D eigenvalue weighted by atomic mass is 9.93. The zero-order chi connectivity index (χ0) is 19.9. The van der Waals surface area contributed by atoms with Crippen LogP contribution in [0.2, 0.25) is 0 Å². The average Bonchev–Trinajstić information content (AvgIpc) is 3.40. The molecule has 0 aromatic heterocycles. The van der Waals surface area contributed by atoms with E-state index < -0.39 is 0 Å². The summed E-state index contributed by atoms with van der Waals surface area (Å²) in [5.41, 5.74) is 5.52. The smallest absolute Gasteiger partial charge is 0.211 e. The number of likely N-dealkylation sites (N-methyl/N-ethyl adjacent to an activating group) is 1. The van der Waals surface area contributed by atoms with Gasteiger partial charge in [0.25, 0.3) is 0 Å². The molecular weight excluding hydrogens is 350 g/mol. The summed E-state index contributed by atoms with van der Waals surface area (Å²) in [4.78, 5) is 13.0. The van der Waals surface area contributed by atoms with E-state index in [0.717, 1.165) is 52.4 Å². The molecule has 1 spiro atoms. The Morgan fingerprint density at radius 3 is 2.79 bits per heavy atom. The molecule has 4 rings (SSSR count). The monoisotopic (exact) mass is 373 g/mol. The summed E-state index contributed by atoms with van der Waals surface area (Å²) in [5.74, 6) is 1.32. The van der Waals surface area contributed by atoms with Crippen molar-refractivity contribution < 1.29 is 9.53 Å². The molecule has 3 aliphatic rings. The number of nitriles is 1. The summed E-state index contributed by atoms with van der Waals surface area (Å²) in [7, 11) is 1.71. The van der Waals surface area contributed by atoms with Gasteiger partial charge in [-0.2, -0.15) is 5.26 Å². The minimum absolute atomic E-state index is 0.118. The molecule has 0 radical (unpaired) electrons. The van der Waals surface area contributed by atoms with E-state index in [4.69, 9.17) is 4.74 Å². The van der Waals surface area contributed by atoms with Gasteiger partial charge in [-0.05, 0) is 48.3 Å². The predicted molar refractivity (Wildman–Crippen MR) is 109 cm³/mol. The number of carbonyl (C=O) groups is 1. The van der Waals surface area contributed by atoms with Crippen molar-refractivity contribution >= 4 is 17.7 Å². The van der Waals surface area contributed by atoms with Crippen LogP contribution in [0.3, 0.4) is 0 Å². The fraction of sp³-hybridized carbons (Fsp3) is 0.304. The van der Waals surface area contributed by atoms with Gasteiger partial charge in [0.15, 0.2) is 0 Å². The van der Waals surface area contributed by atoms with E-state index in [2.05, 4.69) is 35.9 Å². The van der Waals surface area contributed by atoms with E-state index in [0.29, 0.717) is 18.7 Å². The van der Waals surface area contributed by atoms with Crippen molar-refractivity contribution in [2.75, 3.05) is 19.0 Å². The number of benzene rings is 1. The van der Waals surface area contributed by atoms with Crippen LogP contribution in [0.15, 0.2) is 65.6 Å². The third-order valence-corrected chi connectivity index (χ3v) is 6.08. The molecule has 2 aliphatic carbocycles. The van der Waals surface area contributed by atoms with Crippen LogP contribution in [-0.4, -0.2) is 30.5 Å². The summed E-state index contributed by atoms with van der Waals surface area (Å²) in [6, 6.07) is 10.1. The van der Waals surface area contributed by atoms with E-state index >= 15 is 0 Å². The molecular formula is C23H23N3O2. The molecule has 5 nitrogen and oxygen atoms in total. The Balaban J connectivity index is 1.65. The average molecular weight is 373 g/mol. The number of nitrogens with zero attached hydrogens (tertiary/aromatic N) is 2. The standard InChI is InChI=1S/C23H23N3O2/c1-4-26-21(11-15(2)16-5-7-17(8-6-16)25-14-27)18(13-24)19-9-10-22(28-3)20-12-23(19,20)26/h5-10,14,20H,2,4,11-12H2,1,3H3,(H,25,27). The van der Waals surface area contributed by atoms with Crippen molar-refractivity contribution in [2.24, 2.45) is 5.92 Å². The maximum absolute atomic E-state index is 10.6. The number of anilines is 1. The van der Waals surface area contributed by atoms with Crippen LogP contribution in [0.25, 0.3) is 5.57 Å². The van der Waals surface area contributed by atoms with Crippen molar-refractivity contribution in [3.05, 3.63) is 71.2 Å². The molecule has 0 bridgehead atoms. The number of methoxy groups -OCH3 is 1. The Morgan fingerprint density at radius 2 is 2.18 bits per heavy atom. The fourth-order valence-electron chi connectivity index (χ4n) is 4.75. The number of hydrogen-bond donors (Lipinski definition) is 1. The van der Waals surface area contributed by atoms with Crippen LogP contribution in [0.1, 0.15) is 25.3 Å². The van der Waals surface area contributed by atoms with Crippen molar-refractivity contribution in [3.63, 3.8) is 0 Å². The molecule has 2 atom stereocenters. The van der Waals surface area contributed by atoms with E-state index in [1.807, 2.05) is 30.3 Å². The van der Waals surface area contributed by atoms with E-state index in [-0.39, 0.29) is 5.54 Å². The van der Waals surface area contributed by atoms with Gasteiger partial charge < -0.3 is 15.0 Å². The maximum Gasteiger partial charge on any atom is 0.211 e. The molecule has 1 saturated carbocycles. The molecule has 1 heterocycles. The highest BCUT2D eigenvalue weighted by atomic mass is 16.5. The molecule has 1 amide bonds. The lowest BCUT2D eigenvalue weighted by Gasteiger charge is -2.32. The number of carbonyl (C=O) groups excluding carboxylic acids is 1. The highest BCUT2D eigenvalue weighted by Crippen LogP contribution is 2.65. The first-order valence-corrected chi connectivity index (χ1v) is 9.46. The molecule has 1 aromatic carbocycles. The summed E-state index contributed by atoms with van der Waals surface area (Å²) in [6.07, 6.45) is 6.33. The number of hydrogen-bond acceptors (Lipinski definition) is 4. The quantitative estimate of drug-likeness (QED) is 0.734. The van der Waals surface area contributed by atoms with Crippen molar-refractivity contribution in [2.45, 2.75) is 25.3 Å². The molecule has 1 aromatic rings. The SMILES string of the molecule is C=C(CC1=C(C#N)C2=CC=C(OC)C3CC23N1CC)c1ccc(NC=O)cc1. The molecule has 142 valence electrons. The van der Waals surface area contributed by atoms with Gasteiger partial charge in [0.1, 0.15) is 11.8 Å². The first kappa shape index (κ1) is 18.1. The summed E-state index contributed by atoms with van der Waals surface area (Å²) in [6.45, 7) is 7.24. The number of rotatable bonds is 7. The van der Waals surface area contributed by atoms with Crippen LogP contribution in [0, 0.1) is 17.2 Å². The highest BCUT2D eigenvalue weighted by Gasteiger charge is 2.67. The Bertz CT molecular complexity index is 978. The van der Waals surface area contributed by atoms with Gasteiger partial charge in [0, 0.05) is 30.3 Å². The maximum atomic E-state index is 10.6. The molecule has 0 saturated heterocycles. The first-order chi connectivity index (χ1) is 13.6. The minimum Gasteiger partial charge on any atom is -0.501 e. The summed E-state index contributed by atoms with van der Waals surface area (Å²) in [5, 5.41) is 12.6. The van der Waals surface area contributed by atoms with E-state index in [1.54, 1.807) is 7.11 Å². The Morgan fingerprint density at radius 1 is 1.43 bits per heavy atom. The van der Waals surface area contributed by atoms with Crippen LogP contribution in [-0.2, 0) is 9.53 Å². The minimum atomic E-state index is -0.118. The Hall–Kier alpha value is -3.26. The van der Waals surface area contributed by atoms with E-state index in [1.165, 1.54) is 0 Å². The van der Waals surface area contributed by atoms with Crippen LogP contribution in [0.4, 0.5) is 5.69 Å². The Kier molecular flexibility index (Phi) is 4.35. The lowest BCUT2D eigenvalue weighted by Crippen LogP contribution is -2.36. The zero-order valence-corrected chi connectivity index (χ0v) is 16.2.